The molecule has 4 heterocycles. The minimum absolute atomic E-state index is 0.115. The highest BCUT2D eigenvalue weighted by molar-refractivity contribution is 8.00. The third-order valence-corrected chi connectivity index (χ3v) is 7.01. The van der Waals surface area contributed by atoms with Crippen LogP contribution < -0.4 is 10.9 Å². The molecule has 4 rings (SSSR count). The number of nitrogens with one attached hydrogen (secondary N) is 1. The first-order valence-corrected chi connectivity index (χ1v) is 11.0. The quantitative estimate of drug-likeness (QED) is 0.377. The van der Waals surface area contributed by atoms with E-state index in [1.165, 1.54) is 27.7 Å². The summed E-state index contributed by atoms with van der Waals surface area (Å²) in [6, 6.07) is 5.60. The van der Waals surface area contributed by atoms with Crippen molar-refractivity contribution in [2.45, 2.75) is 24.3 Å². The van der Waals surface area contributed by atoms with E-state index in [4.69, 9.17) is 4.52 Å². The van der Waals surface area contributed by atoms with E-state index in [1.807, 2.05) is 22.9 Å². The molecule has 0 radical (unpaired) electrons. The SMILES string of the molecule is Cc1cc(NC(=O)C(C)Sc2nc3scc(-c4cccs4)c3c(=O)n2C)on1. The van der Waals surface area contributed by atoms with Gasteiger partial charge in [0.2, 0.25) is 11.8 Å². The standard InChI is InChI=1S/C18H16N4O3S3/c1-9-7-13(25-21-9)19-15(23)10(2)28-18-20-16-14(17(24)22(18)3)11(8-27-16)12-5-4-6-26-12/h4-8,10H,1-3H3,(H,19,23). The molecule has 1 amide bonds. The van der Waals surface area contributed by atoms with Gasteiger partial charge in [0.25, 0.3) is 5.56 Å². The van der Waals surface area contributed by atoms with Crippen molar-refractivity contribution in [2.24, 2.45) is 7.05 Å². The zero-order chi connectivity index (χ0) is 19.8. The minimum Gasteiger partial charge on any atom is -0.338 e. The Balaban J connectivity index is 1.61. The number of amides is 1. The number of hydrogen-bond acceptors (Lipinski definition) is 8. The Morgan fingerprint density at radius 1 is 1.39 bits per heavy atom. The number of carbonyl (C=O) groups is 1. The molecular formula is C18H16N4O3S3. The molecule has 7 nitrogen and oxygen atoms in total. The van der Waals surface area contributed by atoms with Crippen LogP contribution >= 0.6 is 34.4 Å². The molecule has 1 atom stereocenters. The molecule has 0 fully saturated rings. The predicted octanol–water partition coefficient (Wildman–Crippen LogP) is 4.14. The molecule has 10 heteroatoms. The summed E-state index contributed by atoms with van der Waals surface area (Å²) in [7, 11) is 1.68. The molecule has 0 aliphatic rings. The van der Waals surface area contributed by atoms with E-state index < -0.39 is 5.25 Å². The van der Waals surface area contributed by atoms with Gasteiger partial charge in [0.05, 0.1) is 16.3 Å². The molecule has 0 saturated heterocycles. The van der Waals surface area contributed by atoms with E-state index in [0.29, 0.717) is 27.0 Å². The fourth-order valence-corrected chi connectivity index (χ4v) is 5.31. The lowest BCUT2D eigenvalue weighted by Gasteiger charge is -2.12. The average molecular weight is 433 g/mol. The lowest BCUT2D eigenvalue weighted by molar-refractivity contribution is -0.115. The van der Waals surface area contributed by atoms with Gasteiger partial charge in [-0.2, -0.15) is 0 Å². The number of thiophene rings is 2. The fraction of sp³-hybridized carbons (Fsp3) is 0.222. The van der Waals surface area contributed by atoms with Gasteiger partial charge in [-0.1, -0.05) is 23.0 Å². The summed E-state index contributed by atoms with van der Waals surface area (Å²) in [5.74, 6) is 0.0482. The molecular weight excluding hydrogens is 416 g/mol. The molecule has 0 aliphatic carbocycles. The van der Waals surface area contributed by atoms with Crippen molar-refractivity contribution < 1.29 is 9.32 Å². The van der Waals surface area contributed by atoms with Crippen molar-refractivity contribution in [3.05, 3.63) is 45.0 Å². The first kappa shape index (κ1) is 18.9. The number of thioether (sulfide) groups is 1. The second kappa shape index (κ2) is 7.53. The molecule has 0 aliphatic heterocycles. The number of anilines is 1. The van der Waals surface area contributed by atoms with Crippen molar-refractivity contribution in [2.75, 3.05) is 5.32 Å². The smallest absolute Gasteiger partial charge is 0.263 e. The molecule has 0 saturated carbocycles. The third kappa shape index (κ3) is 3.50. The molecule has 1 N–H and O–H groups in total. The van der Waals surface area contributed by atoms with E-state index in [0.717, 1.165) is 10.4 Å². The number of hydrogen-bond donors (Lipinski definition) is 1. The predicted molar refractivity (Wildman–Crippen MR) is 113 cm³/mol. The summed E-state index contributed by atoms with van der Waals surface area (Å²) in [5.41, 5.74) is 1.48. The van der Waals surface area contributed by atoms with Crippen LogP contribution in [0.3, 0.4) is 0 Å². The number of aromatic nitrogens is 3. The highest BCUT2D eigenvalue weighted by Gasteiger charge is 2.21. The maximum atomic E-state index is 13.0. The van der Waals surface area contributed by atoms with Gasteiger partial charge in [-0.05, 0) is 25.3 Å². The van der Waals surface area contributed by atoms with Crippen LogP contribution in [0.2, 0.25) is 0 Å². The van der Waals surface area contributed by atoms with E-state index in [9.17, 15) is 9.59 Å². The summed E-state index contributed by atoms with van der Waals surface area (Å²) < 4.78 is 6.51. The highest BCUT2D eigenvalue weighted by Crippen LogP contribution is 2.34. The van der Waals surface area contributed by atoms with Gasteiger partial charge in [-0.15, -0.1) is 22.7 Å². The summed E-state index contributed by atoms with van der Waals surface area (Å²) >= 11 is 4.25. The van der Waals surface area contributed by atoms with Crippen LogP contribution in [-0.2, 0) is 11.8 Å². The molecule has 28 heavy (non-hydrogen) atoms. The number of aryl methyl sites for hydroxylation is 1. The minimum atomic E-state index is -0.474. The Morgan fingerprint density at radius 3 is 2.89 bits per heavy atom. The Labute approximate surface area is 172 Å². The molecule has 0 spiro atoms. The van der Waals surface area contributed by atoms with Gasteiger partial charge in [-0.3, -0.25) is 19.5 Å². The van der Waals surface area contributed by atoms with Gasteiger partial charge in [-0.25, -0.2) is 4.98 Å². The van der Waals surface area contributed by atoms with Crippen molar-refractivity contribution in [1.82, 2.24) is 14.7 Å². The van der Waals surface area contributed by atoms with E-state index in [-0.39, 0.29) is 11.5 Å². The lowest BCUT2D eigenvalue weighted by atomic mass is 10.2. The summed E-state index contributed by atoms with van der Waals surface area (Å²) in [6.07, 6.45) is 0. The van der Waals surface area contributed by atoms with Crippen molar-refractivity contribution >= 4 is 56.4 Å². The highest BCUT2D eigenvalue weighted by atomic mass is 32.2. The summed E-state index contributed by atoms with van der Waals surface area (Å²) in [6.45, 7) is 3.53. The largest absolute Gasteiger partial charge is 0.338 e. The second-order valence-corrected chi connectivity index (χ2v) is 9.26. The number of fused-ring (bicyclic) bond motifs is 1. The molecule has 0 bridgehead atoms. The van der Waals surface area contributed by atoms with Crippen molar-refractivity contribution in [3.8, 4) is 10.4 Å². The first-order valence-electron chi connectivity index (χ1n) is 8.37. The zero-order valence-corrected chi connectivity index (χ0v) is 17.7. The third-order valence-electron chi connectivity index (χ3n) is 4.09. The van der Waals surface area contributed by atoms with Gasteiger partial charge in [0.1, 0.15) is 4.83 Å². The normalized spacial score (nSPS) is 12.4. The fourth-order valence-electron chi connectivity index (χ4n) is 2.63. The second-order valence-electron chi connectivity index (χ2n) is 6.15. The van der Waals surface area contributed by atoms with Gasteiger partial charge < -0.3 is 4.52 Å². The maximum absolute atomic E-state index is 13.0. The molecule has 4 aromatic rings. The molecule has 144 valence electrons. The Kier molecular flexibility index (Phi) is 5.09. The van der Waals surface area contributed by atoms with Crippen LogP contribution in [-0.4, -0.2) is 25.9 Å². The van der Waals surface area contributed by atoms with E-state index >= 15 is 0 Å². The Bertz CT molecular complexity index is 1210. The topological polar surface area (TPSA) is 90.0 Å². The lowest BCUT2D eigenvalue weighted by Crippen LogP contribution is -2.25. The van der Waals surface area contributed by atoms with Crippen LogP contribution in [0.25, 0.3) is 20.7 Å². The zero-order valence-electron chi connectivity index (χ0n) is 15.3. The van der Waals surface area contributed by atoms with Gasteiger partial charge in [0.15, 0.2) is 5.16 Å². The molecule has 0 aromatic carbocycles. The van der Waals surface area contributed by atoms with E-state index in [1.54, 1.807) is 38.3 Å². The first-order chi connectivity index (χ1) is 13.4. The molecule has 4 aromatic heterocycles. The van der Waals surface area contributed by atoms with Crippen LogP contribution in [0.5, 0.6) is 0 Å². The number of carbonyl (C=O) groups excluding carboxylic acids is 1. The van der Waals surface area contributed by atoms with Crippen molar-refractivity contribution in [3.63, 3.8) is 0 Å². The number of rotatable bonds is 5. The average Bonchev–Trinajstić information content (AvgIpc) is 3.40. The van der Waals surface area contributed by atoms with Crippen LogP contribution in [0.4, 0.5) is 5.88 Å². The maximum Gasteiger partial charge on any atom is 0.263 e. The monoisotopic (exact) mass is 432 g/mol. The van der Waals surface area contributed by atoms with Crippen LogP contribution in [0, 0.1) is 6.92 Å². The number of nitrogens with zero attached hydrogens (tertiary/aromatic N) is 3. The van der Waals surface area contributed by atoms with Gasteiger partial charge >= 0.3 is 0 Å². The van der Waals surface area contributed by atoms with Crippen molar-refractivity contribution in [1.29, 1.82) is 0 Å². The Hall–Kier alpha value is -2.43. The summed E-state index contributed by atoms with van der Waals surface area (Å²) in [4.78, 5) is 31.7. The van der Waals surface area contributed by atoms with E-state index in [2.05, 4.69) is 15.5 Å². The summed E-state index contributed by atoms with van der Waals surface area (Å²) in [5, 5.41) is 11.0. The molecule has 1 unspecified atom stereocenters. The van der Waals surface area contributed by atoms with Gasteiger partial charge in [0, 0.05) is 28.9 Å². The van der Waals surface area contributed by atoms with Crippen LogP contribution in [0.15, 0.2) is 43.4 Å². The Morgan fingerprint density at radius 2 is 2.21 bits per heavy atom. The van der Waals surface area contributed by atoms with Crippen LogP contribution in [0.1, 0.15) is 12.6 Å².